The van der Waals surface area contributed by atoms with Gasteiger partial charge in [-0.3, -0.25) is 4.98 Å². The fourth-order valence-corrected chi connectivity index (χ4v) is 1.13. The standard InChI is InChI=1S/C9H9ClNO2/c10-8-3-4-11-9(6-8)2-1-5-13-7-12/h3-4,6H,1-2,5H2. The van der Waals surface area contributed by atoms with Crippen molar-refractivity contribution in [2.24, 2.45) is 0 Å². The number of nitrogens with zero attached hydrogens (tertiary/aromatic N) is 1. The van der Waals surface area contributed by atoms with Gasteiger partial charge in [0.15, 0.2) is 0 Å². The Labute approximate surface area is 81.7 Å². The van der Waals surface area contributed by atoms with E-state index in [2.05, 4.69) is 9.72 Å². The van der Waals surface area contributed by atoms with Crippen molar-refractivity contribution >= 4 is 18.1 Å². The maximum absolute atomic E-state index is 9.69. The van der Waals surface area contributed by atoms with Gasteiger partial charge in [-0.15, -0.1) is 0 Å². The average Bonchev–Trinajstić information content (AvgIpc) is 2.13. The third kappa shape index (κ3) is 3.90. The lowest BCUT2D eigenvalue weighted by atomic mass is 10.2. The number of carbonyl (C=O) groups excluding carboxylic acids is 1. The molecule has 0 N–H and O–H groups in total. The number of ether oxygens (including phenoxy) is 1. The zero-order valence-corrected chi connectivity index (χ0v) is 7.75. The van der Waals surface area contributed by atoms with Crippen LogP contribution in [0.2, 0.25) is 5.02 Å². The second kappa shape index (κ2) is 5.54. The van der Waals surface area contributed by atoms with Crippen molar-refractivity contribution in [3.8, 4) is 0 Å². The van der Waals surface area contributed by atoms with Crippen LogP contribution in [0.3, 0.4) is 0 Å². The Morgan fingerprint density at radius 3 is 3.15 bits per heavy atom. The first-order chi connectivity index (χ1) is 6.33. The molecule has 1 radical (unpaired) electrons. The molecule has 0 fully saturated rings. The third-order valence-electron chi connectivity index (χ3n) is 1.52. The Balaban J connectivity index is 2.32. The fraction of sp³-hybridized carbons (Fsp3) is 0.333. The highest BCUT2D eigenvalue weighted by Gasteiger charge is 1.95. The predicted octanol–water partition coefficient (Wildman–Crippen LogP) is 1.75. The van der Waals surface area contributed by atoms with E-state index >= 15 is 0 Å². The van der Waals surface area contributed by atoms with Crippen LogP contribution in [0.5, 0.6) is 0 Å². The largest absolute Gasteiger partial charge is 0.457 e. The minimum Gasteiger partial charge on any atom is -0.457 e. The summed E-state index contributed by atoms with van der Waals surface area (Å²) in [5.41, 5.74) is 0.905. The number of hydrogen-bond acceptors (Lipinski definition) is 3. The number of pyridine rings is 1. The van der Waals surface area contributed by atoms with E-state index in [1.54, 1.807) is 18.3 Å². The van der Waals surface area contributed by atoms with Gasteiger partial charge >= 0.3 is 6.47 Å². The highest BCUT2D eigenvalue weighted by Crippen LogP contribution is 2.09. The highest BCUT2D eigenvalue weighted by atomic mass is 35.5. The predicted molar refractivity (Wildman–Crippen MR) is 49.2 cm³/mol. The van der Waals surface area contributed by atoms with Crippen LogP contribution in [-0.4, -0.2) is 18.1 Å². The van der Waals surface area contributed by atoms with Crippen LogP contribution >= 0.6 is 11.6 Å². The normalized spacial score (nSPS) is 9.62. The fourth-order valence-electron chi connectivity index (χ4n) is 0.953. The summed E-state index contributed by atoms with van der Waals surface area (Å²) >= 11 is 5.75. The summed E-state index contributed by atoms with van der Waals surface area (Å²) in [7, 11) is 0. The second-order valence-electron chi connectivity index (χ2n) is 2.50. The Hall–Kier alpha value is -1.09. The summed E-state index contributed by atoms with van der Waals surface area (Å²) in [5.74, 6) is 0. The summed E-state index contributed by atoms with van der Waals surface area (Å²) in [5, 5.41) is 0.674. The topological polar surface area (TPSA) is 39.2 Å². The van der Waals surface area contributed by atoms with Gasteiger partial charge in [-0.2, -0.15) is 0 Å². The summed E-state index contributed by atoms with van der Waals surface area (Å²) in [6, 6.07) is 3.52. The first-order valence-corrected chi connectivity index (χ1v) is 4.30. The average molecular weight is 199 g/mol. The van der Waals surface area contributed by atoms with Gasteiger partial charge in [0.1, 0.15) is 0 Å². The molecular weight excluding hydrogens is 190 g/mol. The number of aryl methyl sites for hydroxylation is 1. The smallest absolute Gasteiger partial charge is 0.417 e. The molecule has 3 nitrogen and oxygen atoms in total. The first kappa shape index (κ1) is 9.99. The summed E-state index contributed by atoms with van der Waals surface area (Å²) in [4.78, 5) is 13.8. The third-order valence-corrected chi connectivity index (χ3v) is 1.75. The molecule has 1 rings (SSSR count). The molecule has 0 aromatic carbocycles. The van der Waals surface area contributed by atoms with Crippen LogP contribution < -0.4 is 0 Å². The Morgan fingerprint density at radius 1 is 1.62 bits per heavy atom. The lowest BCUT2D eigenvalue weighted by molar-refractivity contribution is 0.273. The van der Waals surface area contributed by atoms with Crippen molar-refractivity contribution < 1.29 is 9.53 Å². The molecular formula is C9H9ClNO2. The molecule has 0 saturated heterocycles. The van der Waals surface area contributed by atoms with Crippen molar-refractivity contribution in [2.75, 3.05) is 6.61 Å². The van der Waals surface area contributed by atoms with Gasteiger partial charge in [0.25, 0.3) is 0 Å². The lowest BCUT2D eigenvalue weighted by Crippen LogP contribution is -1.96. The van der Waals surface area contributed by atoms with Crippen molar-refractivity contribution in [2.45, 2.75) is 12.8 Å². The van der Waals surface area contributed by atoms with E-state index in [9.17, 15) is 4.79 Å². The molecule has 69 valence electrons. The molecule has 0 spiro atoms. The summed E-state index contributed by atoms with van der Waals surface area (Å²) < 4.78 is 4.42. The molecule has 0 aliphatic heterocycles. The van der Waals surface area contributed by atoms with Gasteiger partial charge in [-0.1, -0.05) is 11.6 Å². The number of aromatic nitrogens is 1. The molecule has 0 aliphatic carbocycles. The lowest BCUT2D eigenvalue weighted by Gasteiger charge is -1.99. The van der Waals surface area contributed by atoms with E-state index in [0.29, 0.717) is 11.6 Å². The minimum absolute atomic E-state index is 0.373. The second-order valence-corrected chi connectivity index (χ2v) is 2.94. The molecule has 0 saturated carbocycles. The molecule has 0 aliphatic rings. The zero-order chi connectivity index (χ0) is 9.52. The molecule has 13 heavy (non-hydrogen) atoms. The maximum Gasteiger partial charge on any atom is 0.417 e. The summed E-state index contributed by atoms with van der Waals surface area (Å²) in [6.45, 7) is 1.74. The van der Waals surface area contributed by atoms with Crippen LogP contribution in [0.1, 0.15) is 12.1 Å². The van der Waals surface area contributed by atoms with E-state index in [-0.39, 0.29) is 0 Å². The molecule has 1 heterocycles. The quantitative estimate of drug-likeness (QED) is 0.677. The minimum atomic E-state index is 0.373. The SMILES string of the molecule is O=[C]OCCCc1cc(Cl)ccn1. The van der Waals surface area contributed by atoms with E-state index in [1.165, 1.54) is 6.47 Å². The van der Waals surface area contributed by atoms with Crippen LogP contribution in [0.25, 0.3) is 0 Å². The van der Waals surface area contributed by atoms with Gasteiger partial charge in [0, 0.05) is 16.9 Å². The van der Waals surface area contributed by atoms with Gasteiger partial charge in [-0.25, -0.2) is 4.79 Å². The highest BCUT2D eigenvalue weighted by molar-refractivity contribution is 6.30. The number of rotatable bonds is 5. The number of halogens is 1. The Kier molecular flexibility index (Phi) is 4.26. The monoisotopic (exact) mass is 198 g/mol. The maximum atomic E-state index is 9.69. The van der Waals surface area contributed by atoms with E-state index < -0.39 is 0 Å². The number of hydrogen-bond donors (Lipinski definition) is 0. The van der Waals surface area contributed by atoms with E-state index in [1.807, 2.05) is 0 Å². The van der Waals surface area contributed by atoms with Gasteiger partial charge < -0.3 is 4.74 Å². The molecule has 1 aromatic heterocycles. The zero-order valence-electron chi connectivity index (χ0n) is 7.00. The van der Waals surface area contributed by atoms with Gasteiger partial charge in [-0.05, 0) is 25.0 Å². The van der Waals surface area contributed by atoms with Gasteiger partial charge in [0.05, 0.1) is 6.61 Å². The molecule has 0 amide bonds. The Bertz CT molecular complexity index is 278. The molecule has 0 unspecified atom stereocenters. The Morgan fingerprint density at radius 2 is 2.46 bits per heavy atom. The molecule has 4 heteroatoms. The van der Waals surface area contributed by atoms with Crippen molar-refractivity contribution in [3.05, 3.63) is 29.0 Å². The van der Waals surface area contributed by atoms with Gasteiger partial charge in [0.2, 0.25) is 0 Å². The molecule has 0 bridgehead atoms. The van der Waals surface area contributed by atoms with Crippen LogP contribution in [-0.2, 0) is 16.0 Å². The first-order valence-electron chi connectivity index (χ1n) is 3.92. The van der Waals surface area contributed by atoms with E-state index in [0.717, 1.165) is 18.5 Å². The summed E-state index contributed by atoms with van der Waals surface area (Å²) in [6.07, 6.45) is 3.15. The van der Waals surface area contributed by atoms with E-state index in [4.69, 9.17) is 11.6 Å². The molecule has 0 atom stereocenters. The van der Waals surface area contributed by atoms with Crippen LogP contribution in [0.15, 0.2) is 18.3 Å². The van der Waals surface area contributed by atoms with Crippen molar-refractivity contribution in [3.63, 3.8) is 0 Å². The van der Waals surface area contributed by atoms with Crippen molar-refractivity contribution in [1.82, 2.24) is 4.98 Å². The molecule has 1 aromatic rings. The van der Waals surface area contributed by atoms with Crippen LogP contribution in [0, 0.1) is 0 Å². The van der Waals surface area contributed by atoms with Crippen molar-refractivity contribution in [1.29, 1.82) is 0 Å². The van der Waals surface area contributed by atoms with Crippen LogP contribution in [0.4, 0.5) is 0 Å².